The Bertz CT molecular complexity index is 1030. The van der Waals surface area contributed by atoms with Crippen LogP contribution in [0.5, 0.6) is 0 Å². The van der Waals surface area contributed by atoms with Gasteiger partial charge in [0.2, 0.25) is 11.8 Å². The van der Waals surface area contributed by atoms with Crippen molar-refractivity contribution in [1.29, 1.82) is 0 Å². The van der Waals surface area contributed by atoms with Crippen LogP contribution >= 0.6 is 11.8 Å². The summed E-state index contributed by atoms with van der Waals surface area (Å²) in [7, 11) is 1.16. The van der Waals surface area contributed by atoms with Crippen molar-refractivity contribution in [2.45, 2.75) is 50.3 Å². The lowest BCUT2D eigenvalue weighted by Gasteiger charge is -2.26. The number of thioether (sulfide) groups is 1. The number of nitrogens with two attached hydrogens (primary N) is 1. The highest BCUT2D eigenvalue weighted by atomic mass is 32.2. The Balaban J connectivity index is 2.28. The minimum absolute atomic E-state index is 0.0847. The Kier molecular flexibility index (Phi) is 10.6. The van der Waals surface area contributed by atoms with E-state index in [0.717, 1.165) is 7.11 Å². The maximum atomic E-state index is 13.0. The van der Waals surface area contributed by atoms with Crippen LogP contribution in [0.4, 0.5) is 10.5 Å². The number of hydrogen-bond donors (Lipinski definition) is 5. The molecule has 204 valence electrons. The van der Waals surface area contributed by atoms with Gasteiger partial charge in [-0.2, -0.15) is 11.8 Å². The number of hydrogen-bond acceptors (Lipinski definition) is 11. The molecule has 1 aromatic rings. The van der Waals surface area contributed by atoms with E-state index in [2.05, 4.69) is 16.0 Å². The molecule has 1 aliphatic heterocycles. The number of rotatable bonds is 5. The summed E-state index contributed by atoms with van der Waals surface area (Å²) < 4.78 is 15.1. The van der Waals surface area contributed by atoms with Gasteiger partial charge >= 0.3 is 18.0 Å². The summed E-state index contributed by atoms with van der Waals surface area (Å²) >= 11 is 1.23. The average Bonchev–Trinajstić information content (AvgIpc) is 2.82. The zero-order valence-corrected chi connectivity index (χ0v) is 21.8. The van der Waals surface area contributed by atoms with E-state index >= 15 is 0 Å². The second-order valence-electron chi connectivity index (χ2n) is 9.01. The molecule has 0 bridgehead atoms. The number of cyclic esters (lactones) is 1. The lowest BCUT2D eigenvalue weighted by Crippen LogP contribution is -2.58. The van der Waals surface area contributed by atoms with Gasteiger partial charge in [0.25, 0.3) is 0 Å². The second kappa shape index (κ2) is 13.1. The number of benzene rings is 1. The molecule has 1 aromatic carbocycles. The molecule has 6 N–H and O–H groups in total. The Hall–Kier alpha value is -3.52. The highest BCUT2D eigenvalue weighted by molar-refractivity contribution is 7.98. The average molecular weight is 541 g/mol. The number of fused-ring (bicyclic) bond motifs is 1. The molecule has 14 heteroatoms. The minimum atomic E-state index is -1.48. The van der Waals surface area contributed by atoms with E-state index in [-0.39, 0.29) is 17.1 Å². The number of aliphatic hydroxyl groups excluding tert-OH is 1. The maximum absolute atomic E-state index is 13.0. The van der Waals surface area contributed by atoms with Crippen molar-refractivity contribution in [2.24, 2.45) is 0 Å². The van der Waals surface area contributed by atoms with Gasteiger partial charge in [0.1, 0.15) is 30.3 Å². The molecule has 0 radical (unpaired) electrons. The zero-order valence-electron chi connectivity index (χ0n) is 21.0. The first kappa shape index (κ1) is 29.7. The maximum Gasteiger partial charge on any atom is 0.408 e. The minimum Gasteiger partial charge on any atom is -0.467 e. The van der Waals surface area contributed by atoms with Crippen molar-refractivity contribution >= 4 is 47.3 Å². The molecule has 2 rings (SSSR count). The van der Waals surface area contributed by atoms with Gasteiger partial charge in [-0.15, -0.1) is 0 Å². The number of methoxy groups -OCH3 is 1. The van der Waals surface area contributed by atoms with Crippen molar-refractivity contribution in [3.05, 3.63) is 29.3 Å². The lowest BCUT2D eigenvalue weighted by atomic mass is 10.1. The summed E-state index contributed by atoms with van der Waals surface area (Å²) in [6.45, 7) is 3.42. The number of anilines is 1. The van der Waals surface area contributed by atoms with Crippen LogP contribution in [0.2, 0.25) is 0 Å². The monoisotopic (exact) mass is 540 g/mol. The van der Waals surface area contributed by atoms with Gasteiger partial charge < -0.3 is 41.0 Å². The number of carbonyl (C=O) groups is 5. The van der Waals surface area contributed by atoms with E-state index in [4.69, 9.17) is 19.9 Å². The number of alkyl carbamates (subject to hydrolysis) is 1. The Morgan fingerprint density at radius 2 is 2.00 bits per heavy atom. The summed E-state index contributed by atoms with van der Waals surface area (Å²) in [5.74, 6) is -2.95. The number of nitrogens with one attached hydrogen (secondary N) is 3. The molecule has 13 nitrogen and oxygen atoms in total. The summed E-state index contributed by atoms with van der Waals surface area (Å²) in [5, 5.41) is 16.6. The number of ether oxygens (including phenoxy) is 3. The summed E-state index contributed by atoms with van der Waals surface area (Å²) in [4.78, 5) is 62.9. The van der Waals surface area contributed by atoms with Crippen LogP contribution in [0.1, 0.15) is 36.7 Å². The molecule has 0 saturated heterocycles. The number of amides is 3. The predicted octanol–water partition coefficient (Wildman–Crippen LogP) is -0.299. The smallest absolute Gasteiger partial charge is 0.408 e. The summed E-state index contributed by atoms with van der Waals surface area (Å²) in [6.07, 6.45) is -0.965. The van der Waals surface area contributed by atoms with Gasteiger partial charge in [0.15, 0.2) is 0 Å². The normalized spacial score (nSPS) is 19.5. The van der Waals surface area contributed by atoms with Crippen LogP contribution in [0.25, 0.3) is 0 Å². The Morgan fingerprint density at radius 3 is 2.62 bits per heavy atom. The number of nitrogen functional groups attached to an aromatic ring is 1. The Labute approximate surface area is 218 Å². The van der Waals surface area contributed by atoms with Crippen LogP contribution in [0.15, 0.2) is 18.2 Å². The van der Waals surface area contributed by atoms with Gasteiger partial charge in [0, 0.05) is 17.2 Å². The molecule has 0 fully saturated rings. The number of aliphatic hydroxyl groups is 1. The van der Waals surface area contributed by atoms with Crippen LogP contribution in [0, 0.1) is 0 Å². The third kappa shape index (κ3) is 8.82. The van der Waals surface area contributed by atoms with Crippen LogP contribution < -0.4 is 21.7 Å². The van der Waals surface area contributed by atoms with Crippen molar-refractivity contribution < 1.29 is 43.3 Å². The van der Waals surface area contributed by atoms with E-state index < -0.39 is 66.8 Å². The summed E-state index contributed by atoms with van der Waals surface area (Å²) in [6, 6.07) is 0.661. The third-order valence-corrected chi connectivity index (χ3v) is 6.03. The van der Waals surface area contributed by atoms with Gasteiger partial charge in [0.05, 0.1) is 19.3 Å². The molecule has 0 saturated carbocycles. The third-order valence-electron chi connectivity index (χ3n) is 4.97. The van der Waals surface area contributed by atoms with E-state index in [9.17, 15) is 29.1 Å². The molecule has 1 aliphatic rings. The highest BCUT2D eigenvalue weighted by Crippen LogP contribution is 2.24. The van der Waals surface area contributed by atoms with Crippen LogP contribution in [0.3, 0.4) is 0 Å². The van der Waals surface area contributed by atoms with Gasteiger partial charge in [-0.25, -0.2) is 14.4 Å². The van der Waals surface area contributed by atoms with Crippen LogP contribution in [-0.2, 0) is 34.3 Å². The molecule has 37 heavy (non-hydrogen) atoms. The second-order valence-corrected chi connectivity index (χ2v) is 10.0. The van der Waals surface area contributed by atoms with Crippen molar-refractivity contribution in [3.63, 3.8) is 0 Å². The Morgan fingerprint density at radius 1 is 1.30 bits per heavy atom. The highest BCUT2D eigenvalue weighted by Gasteiger charge is 2.32. The molecule has 0 spiro atoms. The largest absolute Gasteiger partial charge is 0.467 e. The lowest BCUT2D eigenvalue weighted by molar-refractivity contribution is -0.144. The molecule has 0 aromatic heterocycles. The van der Waals surface area contributed by atoms with E-state index in [1.165, 1.54) is 17.8 Å². The van der Waals surface area contributed by atoms with E-state index in [1.54, 1.807) is 32.9 Å². The quantitative estimate of drug-likeness (QED) is 0.187. The summed E-state index contributed by atoms with van der Waals surface area (Å²) in [5.41, 5.74) is 6.20. The molecule has 0 unspecified atom stereocenters. The van der Waals surface area contributed by atoms with Crippen molar-refractivity contribution in [1.82, 2.24) is 16.0 Å². The predicted molar refractivity (Wildman–Crippen MR) is 133 cm³/mol. The number of esters is 2. The molecule has 3 atom stereocenters. The molecular formula is C23H32N4O9S. The van der Waals surface area contributed by atoms with Gasteiger partial charge in [-0.1, -0.05) is 6.07 Å². The number of carbonyl (C=O) groups excluding carboxylic acids is 5. The molecular weight excluding hydrogens is 508 g/mol. The molecule has 1 heterocycles. The topological polar surface area (TPSA) is 195 Å². The fourth-order valence-electron chi connectivity index (χ4n) is 3.15. The standard InChI is InChI=1S/C23H32N4O9S/c1-23(2,3)36-22(33)27-15(8-28)18(29)25-16-9-35-20(31)12-6-5-7-14(24)13(12)10-37-11-17(21(32)34-4)26-19(16)30/h5-7,15-17,28H,8-11,24H2,1-4H3,(H,25,29)(H,26,30)(H,27,33)/t15-,16+,17-/m0/s1. The van der Waals surface area contributed by atoms with E-state index in [1.807, 2.05) is 0 Å². The molecule has 0 aliphatic carbocycles. The molecule has 3 amide bonds. The van der Waals surface area contributed by atoms with Crippen molar-refractivity contribution in [3.8, 4) is 0 Å². The first-order valence-electron chi connectivity index (χ1n) is 11.3. The fraction of sp³-hybridized carbons (Fsp3) is 0.522. The van der Waals surface area contributed by atoms with Crippen LogP contribution in [-0.4, -0.2) is 84.8 Å². The van der Waals surface area contributed by atoms with Gasteiger partial charge in [-0.3, -0.25) is 9.59 Å². The van der Waals surface area contributed by atoms with Gasteiger partial charge in [-0.05, 0) is 38.5 Å². The zero-order chi connectivity index (χ0) is 27.8. The first-order chi connectivity index (χ1) is 17.4. The van der Waals surface area contributed by atoms with E-state index in [0.29, 0.717) is 11.3 Å². The fourth-order valence-corrected chi connectivity index (χ4v) is 4.25. The first-order valence-corrected chi connectivity index (χ1v) is 12.4. The SMILES string of the molecule is COC(=O)[C@@H]1CSCc2c(N)cccc2C(=O)OC[C@@H](NC(=O)[C@H](CO)NC(=O)OC(C)(C)C)C(=O)N1. The van der Waals surface area contributed by atoms with Crippen molar-refractivity contribution in [2.75, 3.05) is 31.8 Å².